The van der Waals surface area contributed by atoms with Crippen LogP contribution in [0.5, 0.6) is 0 Å². The number of rotatable bonds is 6. The summed E-state index contributed by atoms with van der Waals surface area (Å²) in [5.41, 5.74) is 0.0564. The zero-order chi connectivity index (χ0) is 12.8. The summed E-state index contributed by atoms with van der Waals surface area (Å²) in [5, 5.41) is 22.4. The Hall–Kier alpha value is -0.590. The predicted molar refractivity (Wildman–Crippen MR) is 66.9 cm³/mol. The maximum atomic E-state index is 10.0. The topological polar surface area (TPSA) is 56.0 Å². The smallest absolute Gasteiger partial charge is 0.0735 e. The lowest BCUT2D eigenvalue weighted by Crippen LogP contribution is -2.42. The molecule has 0 saturated heterocycles. The largest absolute Gasteiger partial charge is 0.391 e. The molecule has 3 nitrogen and oxygen atoms in total. The fraction of sp³-hybridized carbons (Fsp3) is 0.923. The van der Waals surface area contributed by atoms with E-state index < -0.39 is 6.10 Å². The van der Waals surface area contributed by atoms with Crippen molar-refractivity contribution in [3.05, 3.63) is 0 Å². The molecule has 0 aliphatic rings. The number of nitriles is 1. The number of aliphatic hydroxyl groups is 1. The van der Waals surface area contributed by atoms with Gasteiger partial charge in [0.2, 0.25) is 0 Å². The van der Waals surface area contributed by atoms with Crippen LogP contribution in [0.2, 0.25) is 0 Å². The van der Waals surface area contributed by atoms with Gasteiger partial charge in [0.05, 0.1) is 18.1 Å². The van der Waals surface area contributed by atoms with Gasteiger partial charge < -0.3 is 10.4 Å². The molecule has 0 amide bonds. The standard InChI is InChI=1S/C13H26N2O/c1-6-7-11(8-14)12(16)10(2)9-15-13(3,4)5/h10-12,15-16H,6-7,9H2,1-5H3. The molecule has 0 bridgehead atoms. The molecule has 0 saturated carbocycles. The summed E-state index contributed by atoms with van der Waals surface area (Å²) in [6.45, 7) is 11.1. The zero-order valence-electron chi connectivity index (χ0n) is 11.2. The van der Waals surface area contributed by atoms with Gasteiger partial charge in [0.1, 0.15) is 0 Å². The van der Waals surface area contributed by atoms with Crippen molar-refractivity contribution in [3.8, 4) is 6.07 Å². The zero-order valence-corrected chi connectivity index (χ0v) is 11.2. The van der Waals surface area contributed by atoms with Crippen LogP contribution >= 0.6 is 0 Å². The molecule has 3 unspecified atom stereocenters. The SMILES string of the molecule is CCCC(C#N)C(O)C(C)CNC(C)(C)C. The van der Waals surface area contributed by atoms with Crippen LogP contribution < -0.4 is 5.32 Å². The fourth-order valence-corrected chi connectivity index (χ4v) is 1.61. The molecule has 2 N–H and O–H groups in total. The normalized spacial score (nSPS) is 17.6. The van der Waals surface area contributed by atoms with E-state index in [1.807, 2.05) is 13.8 Å². The first kappa shape index (κ1) is 15.4. The summed E-state index contributed by atoms with van der Waals surface area (Å²) in [4.78, 5) is 0. The van der Waals surface area contributed by atoms with Crippen LogP contribution in [0.3, 0.4) is 0 Å². The highest BCUT2D eigenvalue weighted by Gasteiger charge is 2.24. The summed E-state index contributed by atoms with van der Waals surface area (Å²) in [6, 6.07) is 2.20. The number of hydrogen-bond donors (Lipinski definition) is 2. The van der Waals surface area contributed by atoms with Gasteiger partial charge in [0.15, 0.2) is 0 Å². The average Bonchev–Trinajstić information content (AvgIpc) is 2.20. The van der Waals surface area contributed by atoms with Crippen LogP contribution in [-0.2, 0) is 0 Å². The van der Waals surface area contributed by atoms with Crippen molar-refractivity contribution in [2.75, 3.05) is 6.54 Å². The third-order valence-electron chi connectivity index (χ3n) is 2.72. The highest BCUT2D eigenvalue weighted by Crippen LogP contribution is 2.17. The van der Waals surface area contributed by atoms with Gasteiger partial charge in [-0.1, -0.05) is 20.3 Å². The van der Waals surface area contributed by atoms with Gasteiger partial charge in [-0.25, -0.2) is 0 Å². The van der Waals surface area contributed by atoms with E-state index in [4.69, 9.17) is 5.26 Å². The maximum absolute atomic E-state index is 10.0. The molecule has 0 aliphatic carbocycles. The number of nitrogens with one attached hydrogen (secondary N) is 1. The van der Waals surface area contributed by atoms with E-state index in [1.165, 1.54) is 0 Å². The van der Waals surface area contributed by atoms with E-state index in [9.17, 15) is 5.11 Å². The van der Waals surface area contributed by atoms with Gasteiger partial charge in [-0.15, -0.1) is 0 Å². The van der Waals surface area contributed by atoms with Gasteiger partial charge in [-0.05, 0) is 33.1 Å². The van der Waals surface area contributed by atoms with Crippen LogP contribution in [0.1, 0.15) is 47.5 Å². The summed E-state index contributed by atoms with van der Waals surface area (Å²) in [6.07, 6.45) is 1.19. The number of aliphatic hydroxyl groups excluding tert-OH is 1. The van der Waals surface area contributed by atoms with Crippen molar-refractivity contribution in [3.63, 3.8) is 0 Å². The van der Waals surface area contributed by atoms with Crippen LogP contribution in [0, 0.1) is 23.2 Å². The van der Waals surface area contributed by atoms with Gasteiger partial charge in [0, 0.05) is 12.1 Å². The second kappa shape index (κ2) is 6.88. The van der Waals surface area contributed by atoms with E-state index in [-0.39, 0.29) is 17.4 Å². The first-order valence-corrected chi connectivity index (χ1v) is 6.14. The average molecular weight is 226 g/mol. The van der Waals surface area contributed by atoms with Crippen LogP contribution in [0.4, 0.5) is 0 Å². The van der Waals surface area contributed by atoms with Crippen molar-refractivity contribution in [2.24, 2.45) is 11.8 Å². The second-order valence-electron chi connectivity index (χ2n) is 5.62. The molecule has 94 valence electrons. The van der Waals surface area contributed by atoms with E-state index in [0.29, 0.717) is 0 Å². The molecular formula is C13H26N2O. The first-order chi connectivity index (χ1) is 7.31. The minimum atomic E-state index is -0.528. The van der Waals surface area contributed by atoms with Gasteiger partial charge in [-0.3, -0.25) is 0 Å². The summed E-state index contributed by atoms with van der Waals surface area (Å²) in [5.74, 6) is -0.128. The van der Waals surface area contributed by atoms with Crippen molar-refractivity contribution < 1.29 is 5.11 Å². The minimum Gasteiger partial charge on any atom is -0.391 e. The molecule has 0 aromatic carbocycles. The molecule has 0 rings (SSSR count). The maximum Gasteiger partial charge on any atom is 0.0735 e. The Bertz CT molecular complexity index is 227. The van der Waals surface area contributed by atoms with Crippen LogP contribution in [-0.4, -0.2) is 23.3 Å². The van der Waals surface area contributed by atoms with Crippen molar-refractivity contribution in [2.45, 2.75) is 59.1 Å². The molecule has 0 aliphatic heterocycles. The Kier molecular flexibility index (Phi) is 6.62. The monoisotopic (exact) mass is 226 g/mol. The van der Waals surface area contributed by atoms with Crippen molar-refractivity contribution in [1.82, 2.24) is 5.32 Å². The first-order valence-electron chi connectivity index (χ1n) is 6.14. The number of nitrogens with zero attached hydrogens (tertiary/aromatic N) is 1. The van der Waals surface area contributed by atoms with Gasteiger partial charge >= 0.3 is 0 Å². The molecule has 3 atom stereocenters. The molecule has 16 heavy (non-hydrogen) atoms. The van der Waals surface area contributed by atoms with E-state index in [2.05, 4.69) is 32.2 Å². The Morgan fingerprint density at radius 2 is 1.94 bits per heavy atom. The van der Waals surface area contributed by atoms with Crippen molar-refractivity contribution in [1.29, 1.82) is 5.26 Å². The van der Waals surface area contributed by atoms with E-state index >= 15 is 0 Å². The summed E-state index contributed by atoms with van der Waals surface area (Å²) >= 11 is 0. The van der Waals surface area contributed by atoms with Crippen LogP contribution in [0.15, 0.2) is 0 Å². The van der Waals surface area contributed by atoms with E-state index in [0.717, 1.165) is 19.4 Å². The third kappa shape index (κ3) is 6.09. The molecule has 0 aromatic rings. The van der Waals surface area contributed by atoms with Gasteiger partial charge in [0.25, 0.3) is 0 Å². The Morgan fingerprint density at radius 1 is 1.38 bits per heavy atom. The highest BCUT2D eigenvalue weighted by molar-refractivity contribution is 4.90. The molecule has 0 aromatic heterocycles. The predicted octanol–water partition coefficient (Wildman–Crippen LogP) is 2.31. The van der Waals surface area contributed by atoms with Gasteiger partial charge in [-0.2, -0.15) is 5.26 Å². The summed E-state index contributed by atoms with van der Waals surface area (Å²) < 4.78 is 0. The molecule has 0 heterocycles. The Labute approximate surface area is 99.9 Å². The molecule has 0 fully saturated rings. The highest BCUT2D eigenvalue weighted by atomic mass is 16.3. The van der Waals surface area contributed by atoms with Crippen molar-refractivity contribution >= 4 is 0 Å². The lowest BCUT2D eigenvalue weighted by Gasteiger charge is -2.27. The lowest BCUT2D eigenvalue weighted by atomic mass is 9.89. The third-order valence-corrected chi connectivity index (χ3v) is 2.72. The Morgan fingerprint density at radius 3 is 2.31 bits per heavy atom. The number of hydrogen-bond acceptors (Lipinski definition) is 3. The second-order valence-corrected chi connectivity index (χ2v) is 5.62. The molecule has 0 radical (unpaired) electrons. The fourth-order valence-electron chi connectivity index (χ4n) is 1.61. The molecule has 3 heteroatoms. The lowest BCUT2D eigenvalue weighted by molar-refractivity contribution is 0.0723. The summed E-state index contributed by atoms with van der Waals surface area (Å²) in [7, 11) is 0. The van der Waals surface area contributed by atoms with E-state index in [1.54, 1.807) is 0 Å². The molecular weight excluding hydrogens is 200 g/mol. The quantitative estimate of drug-likeness (QED) is 0.730. The Balaban J connectivity index is 4.16. The minimum absolute atomic E-state index is 0.0564. The molecule has 0 spiro atoms. The van der Waals surface area contributed by atoms with Crippen LogP contribution in [0.25, 0.3) is 0 Å².